The largest absolute Gasteiger partial charge is 0.294 e. The van der Waals surface area contributed by atoms with Crippen LogP contribution in [-0.2, 0) is 6.42 Å². The summed E-state index contributed by atoms with van der Waals surface area (Å²) in [6, 6.07) is 7.37. The second kappa shape index (κ2) is 5.40. The maximum absolute atomic E-state index is 12.1. The van der Waals surface area contributed by atoms with Crippen molar-refractivity contribution in [3.63, 3.8) is 0 Å². The predicted octanol–water partition coefficient (Wildman–Crippen LogP) is 3.28. The lowest BCUT2D eigenvalue weighted by molar-refractivity contribution is 0.0991. The van der Waals surface area contributed by atoms with Crippen molar-refractivity contribution in [3.05, 3.63) is 57.6 Å². The standard InChI is InChI=1S/C14H13BrN2O/c1-9-5-11(6-10(2)17-9)14(18)7-13-4-3-12(15)8-16-13/h3-6,8H,7H2,1-2H3. The molecule has 18 heavy (non-hydrogen) atoms. The minimum absolute atomic E-state index is 0.0680. The highest BCUT2D eigenvalue weighted by molar-refractivity contribution is 9.10. The molecule has 0 N–H and O–H groups in total. The molecule has 2 heterocycles. The van der Waals surface area contributed by atoms with Crippen LogP contribution in [0, 0.1) is 13.8 Å². The Bertz CT molecular complexity index is 559. The summed E-state index contributed by atoms with van der Waals surface area (Å²) in [4.78, 5) is 20.6. The Morgan fingerprint density at radius 3 is 2.44 bits per heavy atom. The molecule has 0 amide bonds. The minimum atomic E-state index is 0.0680. The highest BCUT2D eigenvalue weighted by Crippen LogP contribution is 2.11. The van der Waals surface area contributed by atoms with E-state index in [-0.39, 0.29) is 5.78 Å². The molecule has 2 aromatic rings. The SMILES string of the molecule is Cc1cc(C(=O)Cc2ccc(Br)cn2)cc(C)n1. The molecule has 0 saturated heterocycles. The molecule has 0 radical (unpaired) electrons. The number of nitrogens with zero attached hydrogens (tertiary/aromatic N) is 2. The summed E-state index contributed by atoms with van der Waals surface area (Å²) in [5.74, 6) is 0.0680. The average molecular weight is 305 g/mol. The molecule has 0 unspecified atom stereocenters. The van der Waals surface area contributed by atoms with Gasteiger partial charge in [-0.05, 0) is 54.0 Å². The number of pyridine rings is 2. The first kappa shape index (κ1) is 12.9. The molecule has 2 rings (SSSR count). The molecule has 0 bridgehead atoms. The van der Waals surface area contributed by atoms with Gasteiger partial charge < -0.3 is 0 Å². The number of aromatic nitrogens is 2. The molecule has 0 saturated carbocycles. The topological polar surface area (TPSA) is 42.9 Å². The van der Waals surface area contributed by atoms with Crippen LogP contribution in [0.4, 0.5) is 0 Å². The molecular weight excluding hydrogens is 292 g/mol. The average Bonchev–Trinajstić information content (AvgIpc) is 2.31. The van der Waals surface area contributed by atoms with E-state index in [0.717, 1.165) is 21.6 Å². The quantitative estimate of drug-likeness (QED) is 0.817. The van der Waals surface area contributed by atoms with Gasteiger partial charge in [-0.3, -0.25) is 14.8 Å². The van der Waals surface area contributed by atoms with Crippen molar-refractivity contribution in [3.8, 4) is 0 Å². The lowest BCUT2D eigenvalue weighted by atomic mass is 10.1. The Hall–Kier alpha value is -1.55. The third-order valence-corrected chi connectivity index (χ3v) is 3.00. The fourth-order valence-corrected chi connectivity index (χ4v) is 2.01. The monoisotopic (exact) mass is 304 g/mol. The smallest absolute Gasteiger partial charge is 0.168 e. The van der Waals surface area contributed by atoms with Crippen LogP contribution in [0.3, 0.4) is 0 Å². The number of aryl methyl sites for hydroxylation is 2. The number of carbonyl (C=O) groups excluding carboxylic acids is 1. The highest BCUT2D eigenvalue weighted by Gasteiger charge is 2.09. The van der Waals surface area contributed by atoms with Gasteiger partial charge in [0.05, 0.1) is 6.42 Å². The minimum Gasteiger partial charge on any atom is -0.294 e. The van der Waals surface area contributed by atoms with Crippen LogP contribution < -0.4 is 0 Å². The third kappa shape index (κ3) is 3.23. The first-order chi connectivity index (χ1) is 8.54. The van der Waals surface area contributed by atoms with E-state index in [1.165, 1.54) is 0 Å². The Balaban J connectivity index is 2.19. The van der Waals surface area contributed by atoms with Gasteiger partial charge in [-0.15, -0.1) is 0 Å². The number of halogens is 1. The summed E-state index contributed by atoms with van der Waals surface area (Å²) in [7, 11) is 0. The van der Waals surface area contributed by atoms with Crippen LogP contribution in [0.1, 0.15) is 27.4 Å². The Morgan fingerprint density at radius 1 is 1.22 bits per heavy atom. The van der Waals surface area contributed by atoms with E-state index in [2.05, 4.69) is 25.9 Å². The van der Waals surface area contributed by atoms with Gasteiger partial charge >= 0.3 is 0 Å². The maximum Gasteiger partial charge on any atom is 0.168 e. The molecule has 0 aromatic carbocycles. The van der Waals surface area contributed by atoms with Gasteiger partial charge in [-0.1, -0.05) is 0 Å². The van der Waals surface area contributed by atoms with E-state index < -0.39 is 0 Å². The zero-order chi connectivity index (χ0) is 13.1. The van der Waals surface area contributed by atoms with Gasteiger partial charge in [0.1, 0.15) is 0 Å². The van der Waals surface area contributed by atoms with Crippen molar-refractivity contribution < 1.29 is 4.79 Å². The predicted molar refractivity (Wildman–Crippen MR) is 73.7 cm³/mol. The van der Waals surface area contributed by atoms with Gasteiger partial charge in [-0.25, -0.2) is 0 Å². The van der Waals surface area contributed by atoms with Crippen LogP contribution >= 0.6 is 15.9 Å². The first-order valence-electron chi connectivity index (χ1n) is 5.63. The Kier molecular flexibility index (Phi) is 3.87. The molecule has 92 valence electrons. The van der Waals surface area contributed by atoms with Crippen molar-refractivity contribution in [1.29, 1.82) is 0 Å². The molecule has 0 aliphatic heterocycles. The summed E-state index contributed by atoms with van der Waals surface area (Å²) < 4.78 is 0.911. The van der Waals surface area contributed by atoms with Crippen LogP contribution in [0.5, 0.6) is 0 Å². The number of hydrogen-bond acceptors (Lipinski definition) is 3. The number of Topliss-reactive ketones (excluding diaryl/α,β-unsaturated/α-hetero) is 1. The summed E-state index contributed by atoms with van der Waals surface area (Å²) >= 11 is 3.32. The Labute approximate surface area is 114 Å². The lowest BCUT2D eigenvalue weighted by Crippen LogP contribution is -2.06. The fourth-order valence-electron chi connectivity index (χ4n) is 1.77. The molecule has 0 aliphatic carbocycles. The molecular formula is C14H13BrN2O. The number of hydrogen-bond donors (Lipinski definition) is 0. The van der Waals surface area contributed by atoms with Crippen molar-refractivity contribution >= 4 is 21.7 Å². The van der Waals surface area contributed by atoms with Gasteiger partial charge in [0.15, 0.2) is 5.78 Å². The van der Waals surface area contributed by atoms with Crippen LogP contribution in [0.25, 0.3) is 0 Å². The number of ketones is 1. The van der Waals surface area contributed by atoms with E-state index in [4.69, 9.17) is 0 Å². The molecule has 0 fully saturated rings. The zero-order valence-corrected chi connectivity index (χ0v) is 11.9. The van der Waals surface area contributed by atoms with Gasteiger partial charge in [0.2, 0.25) is 0 Å². The second-order valence-electron chi connectivity index (χ2n) is 4.21. The van der Waals surface area contributed by atoms with Crippen LogP contribution in [0.15, 0.2) is 34.9 Å². The van der Waals surface area contributed by atoms with E-state index in [9.17, 15) is 4.79 Å². The van der Waals surface area contributed by atoms with Gasteiger partial charge in [-0.2, -0.15) is 0 Å². The van der Waals surface area contributed by atoms with Crippen LogP contribution in [-0.4, -0.2) is 15.8 Å². The second-order valence-corrected chi connectivity index (χ2v) is 5.12. The van der Waals surface area contributed by atoms with Crippen molar-refractivity contribution in [2.45, 2.75) is 20.3 Å². The van der Waals surface area contributed by atoms with Gasteiger partial charge in [0.25, 0.3) is 0 Å². The summed E-state index contributed by atoms with van der Waals surface area (Å²) in [5.41, 5.74) is 3.20. The fraction of sp³-hybridized carbons (Fsp3) is 0.214. The maximum atomic E-state index is 12.1. The third-order valence-electron chi connectivity index (χ3n) is 2.53. The number of rotatable bonds is 3. The van der Waals surface area contributed by atoms with Crippen molar-refractivity contribution in [2.75, 3.05) is 0 Å². The summed E-state index contributed by atoms with van der Waals surface area (Å²) in [5, 5.41) is 0. The Morgan fingerprint density at radius 2 is 1.89 bits per heavy atom. The zero-order valence-electron chi connectivity index (χ0n) is 10.3. The molecule has 4 heteroatoms. The van der Waals surface area contributed by atoms with E-state index in [1.807, 2.05) is 38.1 Å². The molecule has 0 atom stereocenters. The molecule has 2 aromatic heterocycles. The summed E-state index contributed by atoms with van der Waals surface area (Å²) in [6.07, 6.45) is 2.02. The van der Waals surface area contributed by atoms with Crippen molar-refractivity contribution in [1.82, 2.24) is 9.97 Å². The van der Waals surface area contributed by atoms with E-state index in [1.54, 1.807) is 6.20 Å². The number of carbonyl (C=O) groups is 1. The first-order valence-corrected chi connectivity index (χ1v) is 6.43. The molecule has 3 nitrogen and oxygen atoms in total. The highest BCUT2D eigenvalue weighted by atomic mass is 79.9. The summed E-state index contributed by atoms with van der Waals surface area (Å²) in [6.45, 7) is 3.78. The molecule has 0 aliphatic rings. The van der Waals surface area contributed by atoms with E-state index in [0.29, 0.717) is 12.0 Å². The molecule has 0 spiro atoms. The van der Waals surface area contributed by atoms with Crippen LogP contribution in [0.2, 0.25) is 0 Å². The normalized spacial score (nSPS) is 10.4. The van der Waals surface area contributed by atoms with Crippen molar-refractivity contribution in [2.24, 2.45) is 0 Å². The lowest BCUT2D eigenvalue weighted by Gasteiger charge is -2.04. The van der Waals surface area contributed by atoms with E-state index >= 15 is 0 Å². The van der Waals surface area contributed by atoms with Gasteiger partial charge in [0, 0.05) is 33.3 Å².